The average molecular weight is 724 g/mol. The number of carboxylic acid groups (broad SMARTS) is 2. The second-order valence-corrected chi connectivity index (χ2v) is 12.7. The van der Waals surface area contributed by atoms with E-state index in [1.807, 2.05) is 12.1 Å². The number of rotatable bonds is 15. The molecule has 2 aromatic carbocycles. The summed E-state index contributed by atoms with van der Waals surface area (Å²) in [5, 5.41) is 24.1. The Hall–Kier alpha value is -4.62. The van der Waals surface area contributed by atoms with Crippen molar-refractivity contribution in [2.24, 2.45) is 0 Å². The molecule has 50 heavy (non-hydrogen) atoms. The van der Waals surface area contributed by atoms with Crippen LogP contribution in [0.5, 0.6) is 23.5 Å². The molecule has 2 heterocycles. The molecule has 0 radical (unpaired) electrons. The highest BCUT2D eigenvalue weighted by atomic mass is 35.5. The fourth-order valence-corrected chi connectivity index (χ4v) is 7.06. The third-order valence-corrected chi connectivity index (χ3v) is 9.31. The van der Waals surface area contributed by atoms with Crippen molar-refractivity contribution >= 4 is 35.1 Å². The lowest BCUT2D eigenvalue weighted by Crippen LogP contribution is -2.22. The zero-order chi connectivity index (χ0) is 35.4. The molecule has 262 valence electrons. The highest BCUT2D eigenvalue weighted by Gasteiger charge is 2.32. The predicted molar refractivity (Wildman–Crippen MR) is 186 cm³/mol. The van der Waals surface area contributed by atoms with Crippen molar-refractivity contribution in [3.63, 3.8) is 0 Å². The van der Waals surface area contributed by atoms with E-state index in [1.54, 1.807) is 12.1 Å². The highest BCUT2D eigenvalue weighted by Crippen LogP contribution is 2.46. The summed E-state index contributed by atoms with van der Waals surface area (Å²) in [7, 11) is 2.99. The van der Waals surface area contributed by atoms with Gasteiger partial charge in [0.15, 0.2) is 0 Å². The molecule has 4 aromatic rings. The number of fused-ring (bicyclic) bond motifs is 2. The maximum Gasteiger partial charge on any atom is 0.317 e. The summed E-state index contributed by atoms with van der Waals surface area (Å²) in [6.07, 6.45) is 2.55. The summed E-state index contributed by atoms with van der Waals surface area (Å²) >= 11 is 13.2. The first kappa shape index (κ1) is 35.2. The molecule has 2 atom stereocenters. The molecule has 0 unspecified atom stereocenters. The zero-order valence-corrected chi connectivity index (χ0v) is 28.9. The Kier molecular flexibility index (Phi) is 10.9. The first-order valence-corrected chi connectivity index (χ1v) is 16.8. The monoisotopic (exact) mass is 722 g/mol. The number of carboxylic acids is 2. The molecule has 0 aliphatic heterocycles. The number of ether oxygens (including phenoxy) is 4. The minimum atomic E-state index is -0.966. The average Bonchev–Trinajstić information content (AvgIpc) is 3.70. The lowest BCUT2D eigenvalue weighted by Gasteiger charge is -2.19. The smallest absolute Gasteiger partial charge is 0.317 e. The van der Waals surface area contributed by atoms with Gasteiger partial charge in [-0.3, -0.25) is 9.59 Å². The number of aliphatic carboxylic acids is 2. The predicted octanol–water partition coefficient (Wildman–Crippen LogP) is 5.95. The summed E-state index contributed by atoms with van der Waals surface area (Å²) in [4.78, 5) is 30.8. The summed E-state index contributed by atoms with van der Waals surface area (Å²) in [5.74, 6) is -0.807. The molecular formula is C36H36Cl2N4O8. The van der Waals surface area contributed by atoms with Crippen LogP contribution in [0.2, 0.25) is 10.0 Å². The Balaban J connectivity index is 1.21. The second-order valence-electron chi connectivity index (χ2n) is 11.9. The third kappa shape index (κ3) is 7.58. The maximum atomic E-state index is 10.9. The van der Waals surface area contributed by atoms with E-state index in [-0.39, 0.29) is 50.1 Å². The van der Waals surface area contributed by atoms with E-state index in [2.05, 4.69) is 44.9 Å². The highest BCUT2D eigenvalue weighted by molar-refractivity contribution is 6.32. The summed E-state index contributed by atoms with van der Waals surface area (Å²) in [6.45, 7) is 0.0423. The molecule has 0 bridgehead atoms. The summed E-state index contributed by atoms with van der Waals surface area (Å²) in [5.41, 5.74) is 8.06. The number of pyridine rings is 2. The molecule has 0 saturated heterocycles. The minimum absolute atomic E-state index is 0.204. The van der Waals surface area contributed by atoms with Crippen LogP contribution in [0.3, 0.4) is 0 Å². The lowest BCUT2D eigenvalue weighted by molar-refractivity contribution is -0.137. The molecule has 2 aliphatic rings. The van der Waals surface area contributed by atoms with Crippen molar-refractivity contribution in [3.05, 3.63) is 92.0 Å². The van der Waals surface area contributed by atoms with Gasteiger partial charge in [0.05, 0.1) is 27.3 Å². The van der Waals surface area contributed by atoms with Gasteiger partial charge < -0.3 is 39.8 Å². The van der Waals surface area contributed by atoms with Gasteiger partial charge in [0.2, 0.25) is 23.5 Å². The Morgan fingerprint density at radius 2 is 1.14 bits per heavy atom. The quantitative estimate of drug-likeness (QED) is 0.114. The molecule has 2 aliphatic carbocycles. The van der Waals surface area contributed by atoms with Gasteiger partial charge in [-0.2, -0.15) is 9.97 Å². The Morgan fingerprint density at radius 3 is 1.52 bits per heavy atom. The first-order chi connectivity index (χ1) is 24.2. The molecule has 6 rings (SSSR count). The number of hydrogen-bond donors (Lipinski definition) is 4. The topological polar surface area (TPSA) is 161 Å². The van der Waals surface area contributed by atoms with Crippen LogP contribution in [0, 0.1) is 0 Å². The van der Waals surface area contributed by atoms with Crippen molar-refractivity contribution in [1.82, 2.24) is 20.6 Å². The van der Waals surface area contributed by atoms with E-state index < -0.39 is 11.9 Å². The van der Waals surface area contributed by atoms with E-state index in [1.165, 1.54) is 25.3 Å². The van der Waals surface area contributed by atoms with E-state index in [4.69, 9.17) is 52.4 Å². The number of halogens is 2. The van der Waals surface area contributed by atoms with Crippen LogP contribution in [0.25, 0.3) is 11.1 Å². The largest absolute Gasteiger partial charge is 0.481 e. The van der Waals surface area contributed by atoms with Crippen molar-refractivity contribution in [2.45, 2.75) is 51.0 Å². The maximum absolute atomic E-state index is 10.9. The lowest BCUT2D eigenvalue weighted by atomic mass is 9.91. The van der Waals surface area contributed by atoms with Gasteiger partial charge in [-0.15, -0.1) is 0 Å². The van der Waals surface area contributed by atoms with Gasteiger partial charge in [0.1, 0.15) is 22.3 Å². The van der Waals surface area contributed by atoms with Crippen LogP contribution in [0.15, 0.2) is 48.5 Å². The molecule has 0 amide bonds. The summed E-state index contributed by atoms with van der Waals surface area (Å²) < 4.78 is 23.7. The van der Waals surface area contributed by atoms with Crippen LogP contribution >= 0.6 is 23.2 Å². The Labute approximate surface area is 298 Å². The van der Waals surface area contributed by atoms with Gasteiger partial charge in [0, 0.05) is 24.2 Å². The van der Waals surface area contributed by atoms with Crippen molar-refractivity contribution in [3.8, 4) is 34.6 Å². The van der Waals surface area contributed by atoms with Gasteiger partial charge in [-0.25, -0.2) is 0 Å². The van der Waals surface area contributed by atoms with E-state index in [0.717, 1.165) is 47.9 Å². The number of aromatic nitrogens is 2. The van der Waals surface area contributed by atoms with Gasteiger partial charge >= 0.3 is 11.9 Å². The van der Waals surface area contributed by atoms with Gasteiger partial charge in [0.25, 0.3) is 0 Å². The van der Waals surface area contributed by atoms with Crippen LogP contribution in [-0.4, -0.2) is 59.4 Å². The van der Waals surface area contributed by atoms with Crippen molar-refractivity contribution in [1.29, 1.82) is 0 Å². The van der Waals surface area contributed by atoms with Gasteiger partial charge in [-0.05, 0) is 71.2 Å². The SMILES string of the molecule is COc1nc(O[C@H]2CCc3c(-c4cccc5c4CC[C@@H]5Oc4nc(OC)c(CNCC(=O)O)cc4Cl)cccc32)c(Cl)cc1CNCC(=O)O. The van der Waals surface area contributed by atoms with Crippen LogP contribution in [0.4, 0.5) is 0 Å². The summed E-state index contributed by atoms with van der Waals surface area (Å²) in [6, 6.07) is 15.9. The van der Waals surface area contributed by atoms with Crippen LogP contribution < -0.4 is 29.6 Å². The first-order valence-electron chi connectivity index (χ1n) is 16.1. The Bertz CT molecular complexity index is 1790. The van der Waals surface area contributed by atoms with Gasteiger partial charge in [-0.1, -0.05) is 59.6 Å². The second kappa shape index (κ2) is 15.5. The van der Waals surface area contributed by atoms with Crippen molar-refractivity contribution in [2.75, 3.05) is 27.3 Å². The number of nitrogens with zero attached hydrogens (tertiary/aromatic N) is 2. The van der Waals surface area contributed by atoms with Crippen LogP contribution in [0.1, 0.15) is 58.4 Å². The standard InChI is InChI=1S/C36H36Cl2N4O8/c1-47-33-19(15-39-17-31(43)44)13-27(37)35(41-33)49-29-11-9-23-21(5-3-7-25(23)29)22-6-4-8-26-24(22)10-12-30(26)50-36-28(38)14-20(34(42-36)48-2)16-40-18-32(45)46/h3-8,13-14,29-30,39-40H,9-12,15-18H2,1-2H3,(H,43,44)(H,45,46)/t29-,30-/m0/s1. The molecule has 0 spiro atoms. The normalized spacial score (nSPS) is 16.1. The van der Waals surface area contributed by atoms with Crippen LogP contribution in [-0.2, 0) is 35.5 Å². The zero-order valence-electron chi connectivity index (χ0n) is 27.4. The Morgan fingerprint density at radius 1 is 0.720 bits per heavy atom. The molecule has 4 N–H and O–H groups in total. The molecule has 0 saturated carbocycles. The molecule has 2 aromatic heterocycles. The number of hydrogen-bond acceptors (Lipinski definition) is 10. The molecule has 12 nitrogen and oxygen atoms in total. The molecular weight excluding hydrogens is 687 g/mol. The molecule has 0 fully saturated rings. The fourth-order valence-electron chi connectivity index (χ4n) is 6.62. The number of benzene rings is 2. The minimum Gasteiger partial charge on any atom is -0.481 e. The van der Waals surface area contributed by atoms with E-state index in [9.17, 15) is 9.59 Å². The third-order valence-electron chi connectivity index (χ3n) is 8.77. The number of nitrogens with one attached hydrogen (secondary N) is 2. The fraction of sp³-hybridized carbons (Fsp3) is 0.333. The van der Waals surface area contributed by atoms with Crippen molar-refractivity contribution < 1.29 is 38.7 Å². The van der Waals surface area contributed by atoms with E-state index in [0.29, 0.717) is 32.9 Å². The van der Waals surface area contributed by atoms with E-state index >= 15 is 0 Å². The molecule has 14 heteroatoms. The number of carbonyl (C=O) groups is 2. The number of methoxy groups -OCH3 is 2.